The van der Waals surface area contributed by atoms with Gasteiger partial charge in [-0.25, -0.2) is 4.79 Å². The summed E-state index contributed by atoms with van der Waals surface area (Å²) in [6.07, 6.45) is 0.691. The molecule has 0 heterocycles. The number of carboxylic acids is 1. The van der Waals surface area contributed by atoms with Crippen LogP contribution in [0.3, 0.4) is 0 Å². The second kappa shape index (κ2) is 14.0. The standard InChI is InChI=1S/C14H33N10O7PS/c1-8(11(25)23-10(13(27)28)5-3-6-20-14(16)17)22-12(26)9(15)4-2-7-21-32(18,19)24-33(29,30)31/h8-10H,2-7,15H2,1H3,(H,22,26)(H,23,25)(H,27,28)(H4,16,17,20)(H,29,30,31)(H5,18,19,21,24). The fourth-order valence-corrected chi connectivity index (χ4v) is 4.59. The summed E-state index contributed by atoms with van der Waals surface area (Å²) in [6.45, 7) is 1.57. The maximum atomic E-state index is 12.2. The third-order valence-electron chi connectivity index (χ3n) is 3.96. The number of hydrogen-bond donors (Lipinski definition) is 11. The van der Waals surface area contributed by atoms with Crippen molar-refractivity contribution in [1.82, 2.24) is 20.2 Å². The fraction of sp³-hybridized carbons (Fsp3) is 0.714. The zero-order chi connectivity index (χ0) is 25.8. The molecule has 0 saturated carbocycles. The van der Waals surface area contributed by atoms with Crippen LogP contribution in [-0.4, -0.2) is 73.0 Å². The lowest BCUT2D eigenvalue weighted by Crippen LogP contribution is -2.53. The molecule has 17 nitrogen and oxygen atoms in total. The number of aliphatic carboxylic acids is 1. The van der Waals surface area contributed by atoms with E-state index in [2.05, 4.69) is 20.7 Å². The van der Waals surface area contributed by atoms with Crippen LogP contribution in [-0.2, 0) is 24.7 Å². The second-order valence-corrected chi connectivity index (χ2v) is 10.5. The Kier molecular flexibility index (Phi) is 13.0. The average Bonchev–Trinajstić information content (AvgIpc) is 2.64. The lowest BCUT2D eigenvalue weighted by atomic mass is 10.1. The smallest absolute Gasteiger partial charge is 0.339 e. The molecule has 0 spiro atoms. The molecule has 192 valence electrons. The minimum atomic E-state index is -4.65. The Labute approximate surface area is 191 Å². The molecule has 0 fully saturated rings. The van der Waals surface area contributed by atoms with Crippen LogP contribution < -0.4 is 42.9 Å². The predicted octanol–water partition coefficient (Wildman–Crippen LogP) is -3.31. The normalized spacial score (nSPS) is 16.0. The summed E-state index contributed by atoms with van der Waals surface area (Å²) in [5, 5.41) is 23.9. The first kappa shape index (κ1) is 30.7. The van der Waals surface area contributed by atoms with Gasteiger partial charge in [-0.1, -0.05) is 0 Å². The van der Waals surface area contributed by atoms with E-state index in [-0.39, 0.29) is 38.3 Å². The molecular formula is C14H33N10O7PS. The van der Waals surface area contributed by atoms with Gasteiger partial charge in [-0.2, -0.15) is 8.42 Å². The Balaban J connectivity index is 4.49. The molecule has 19 heteroatoms. The van der Waals surface area contributed by atoms with Gasteiger partial charge in [0.1, 0.15) is 12.1 Å². The van der Waals surface area contributed by atoms with E-state index in [9.17, 15) is 27.9 Å². The lowest BCUT2D eigenvalue weighted by Gasteiger charge is -2.21. The molecule has 15 N–H and O–H groups in total. The molecule has 0 aromatic rings. The number of guanidine groups is 1. The van der Waals surface area contributed by atoms with E-state index in [0.717, 1.165) is 0 Å². The van der Waals surface area contributed by atoms with Crippen LogP contribution in [0.2, 0.25) is 0 Å². The monoisotopic (exact) mass is 516 g/mol. The zero-order valence-corrected chi connectivity index (χ0v) is 19.7. The summed E-state index contributed by atoms with van der Waals surface area (Å²) in [4.78, 5) is 39.4. The van der Waals surface area contributed by atoms with Gasteiger partial charge in [0.05, 0.1) is 6.04 Å². The van der Waals surface area contributed by atoms with Crippen molar-refractivity contribution in [3.8, 4) is 0 Å². The van der Waals surface area contributed by atoms with Crippen LogP contribution in [0.25, 0.3) is 0 Å². The number of carbonyl (C=O) groups excluding carboxylic acids is 2. The van der Waals surface area contributed by atoms with E-state index in [1.54, 1.807) is 4.49 Å². The summed E-state index contributed by atoms with van der Waals surface area (Å²) in [6, 6.07) is -3.31. The highest BCUT2D eigenvalue weighted by Gasteiger charge is 2.25. The van der Waals surface area contributed by atoms with Crippen molar-refractivity contribution in [2.75, 3.05) is 13.1 Å². The van der Waals surface area contributed by atoms with E-state index < -0.39 is 53.7 Å². The fourth-order valence-electron chi connectivity index (χ4n) is 2.37. The quantitative estimate of drug-likeness (QED) is 0.0316. The first-order valence-electron chi connectivity index (χ1n) is 9.63. The van der Waals surface area contributed by atoms with Gasteiger partial charge in [0.15, 0.2) is 13.5 Å². The number of nitrogens with one attached hydrogen (secondary N) is 5. The van der Waals surface area contributed by atoms with E-state index in [4.69, 9.17) is 32.4 Å². The predicted molar refractivity (Wildman–Crippen MR) is 121 cm³/mol. The molecule has 0 aromatic heterocycles. The van der Waals surface area contributed by atoms with Gasteiger partial charge in [-0.05, 0) is 32.6 Å². The highest BCUT2D eigenvalue weighted by atomic mass is 32.2. The van der Waals surface area contributed by atoms with E-state index in [1.165, 1.54) is 6.92 Å². The number of hydrogen-bond acceptors (Lipinski definition) is 8. The molecule has 0 saturated heterocycles. The Morgan fingerprint density at radius 2 is 1.73 bits per heavy atom. The van der Waals surface area contributed by atoms with Crippen LogP contribution in [0.15, 0.2) is 4.99 Å². The molecule has 2 amide bonds. The number of carbonyl (C=O) groups is 3. The lowest BCUT2D eigenvalue weighted by molar-refractivity contribution is -0.142. The zero-order valence-electron chi connectivity index (χ0n) is 18.0. The van der Waals surface area contributed by atoms with E-state index in [0.29, 0.717) is 6.42 Å². The molecule has 0 rings (SSSR count). The first-order chi connectivity index (χ1) is 15.0. The van der Waals surface area contributed by atoms with Crippen molar-refractivity contribution in [3.63, 3.8) is 0 Å². The Morgan fingerprint density at radius 3 is 2.24 bits per heavy atom. The van der Waals surface area contributed by atoms with Gasteiger partial charge < -0.3 is 32.9 Å². The molecule has 4 unspecified atom stereocenters. The van der Waals surface area contributed by atoms with Crippen molar-refractivity contribution in [2.24, 2.45) is 27.7 Å². The van der Waals surface area contributed by atoms with Gasteiger partial charge in [-0.3, -0.25) is 34.9 Å². The van der Waals surface area contributed by atoms with Gasteiger partial charge >= 0.3 is 16.3 Å². The molecule has 0 radical (unpaired) electrons. The van der Waals surface area contributed by atoms with Crippen molar-refractivity contribution in [3.05, 3.63) is 0 Å². The molecule has 33 heavy (non-hydrogen) atoms. The van der Waals surface area contributed by atoms with Crippen molar-refractivity contribution >= 4 is 41.6 Å². The Hall–Kier alpha value is -2.34. The SMILES string of the molecule is CC(NC(=O)C(N)CCCNP(=N)(N)NS(=O)(=O)O)C(=O)NC(CCCN=C(N)N)C(=O)O. The largest absolute Gasteiger partial charge is 0.480 e. The second-order valence-electron chi connectivity index (χ2n) is 7.02. The Morgan fingerprint density at radius 1 is 1.12 bits per heavy atom. The van der Waals surface area contributed by atoms with Gasteiger partial charge in [0.2, 0.25) is 11.8 Å². The number of carboxylic acid groups (broad SMARTS) is 1. The van der Waals surface area contributed by atoms with Crippen molar-refractivity contribution in [2.45, 2.75) is 50.7 Å². The van der Waals surface area contributed by atoms with E-state index >= 15 is 0 Å². The number of aliphatic imine (C=N–C) groups is 1. The molecule has 0 bridgehead atoms. The maximum absolute atomic E-state index is 12.2. The summed E-state index contributed by atoms with van der Waals surface area (Å²) in [5.41, 5.74) is 21.5. The van der Waals surface area contributed by atoms with Crippen molar-refractivity contribution in [1.29, 1.82) is 5.16 Å². The van der Waals surface area contributed by atoms with Crippen LogP contribution in [0, 0.1) is 5.16 Å². The Bertz CT molecular complexity index is 864. The molecule has 0 aliphatic rings. The minimum Gasteiger partial charge on any atom is -0.480 e. The number of rotatable bonds is 16. The number of nitrogens with two attached hydrogens (primary N) is 4. The minimum absolute atomic E-state index is 0.0213. The highest BCUT2D eigenvalue weighted by molar-refractivity contribution is 7.91. The van der Waals surface area contributed by atoms with E-state index in [1.807, 2.05) is 0 Å². The summed E-state index contributed by atoms with van der Waals surface area (Å²) in [7, 11) is -8.22. The van der Waals surface area contributed by atoms with Crippen LogP contribution >= 0.6 is 7.51 Å². The topological polar surface area (TPSA) is 314 Å². The van der Waals surface area contributed by atoms with Gasteiger partial charge in [0, 0.05) is 13.1 Å². The molecule has 0 aromatic carbocycles. The molecular weight excluding hydrogens is 483 g/mol. The van der Waals surface area contributed by atoms with Crippen LogP contribution in [0.4, 0.5) is 0 Å². The summed E-state index contributed by atoms with van der Waals surface area (Å²) >= 11 is 0. The summed E-state index contributed by atoms with van der Waals surface area (Å²) in [5.74, 6) is -2.79. The van der Waals surface area contributed by atoms with Gasteiger partial charge in [-0.15, -0.1) is 4.49 Å². The molecule has 0 aliphatic carbocycles. The third-order valence-corrected chi connectivity index (χ3v) is 6.76. The molecule has 0 aliphatic heterocycles. The van der Waals surface area contributed by atoms with Gasteiger partial charge in [0.25, 0.3) is 0 Å². The molecule has 4 atom stereocenters. The maximum Gasteiger partial charge on any atom is 0.339 e. The van der Waals surface area contributed by atoms with Crippen LogP contribution in [0.1, 0.15) is 32.6 Å². The third kappa shape index (κ3) is 15.2. The average molecular weight is 517 g/mol. The van der Waals surface area contributed by atoms with Crippen LogP contribution in [0.5, 0.6) is 0 Å². The highest BCUT2D eigenvalue weighted by Crippen LogP contribution is 2.26. The first-order valence-corrected chi connectivity index (χ1v) is 12.9. The van der Waals surface area contributed by atoms with Crippen molar-refractivity contribution < 1.29 is 32.5 Å². The number of amides is 2. The number of nitrogens with zero attached hydrogens (tertiary/aromatic N) is 1. The summed E-state index contributed by atoms with van der Waals surface area (Å²) < 4.78 is 31.6.